The second kappa shape index (κ2) is 7.22. The van der Waals surface area contributed by atoms with Gasteiger partial charge in [0.2, 0.25) is 9.84 Å². The molecule has 3 aromatic rings. The summed E-state index contributed by atoms with van der Waals surface area (Å²) in [7, 11) is -3.66. The standard InChI is InChI=1S/C21H20O4S/c1-15-13-19(26(23,24)21-11-8-18(22)12-16(21)2)9-10-20(15)25-14-17-6-4-3-5-7-17/h3-13,22H,14H2,1-2H3. The Morgan fingerprint density at radius 2 is 1.62 bits per heavy atom. The largest absolute Gasteiger partial charge is 0.508 e. The molecule has 0 aromatic heterocycles. The molecule has 0 saturated carbocycles. The Labute approximate surface area is 153 Å². The van der Waals surface area contributed by atoms with Crippen molar-refractivity contribution in [3.8, 4) is 11.5 Å². The molecular formula is C21H20O4S. The van der Waals surface area contributed by atoms with Crippen LogP contribution in [0.15, 0.2) is 76.5 Å². The molecule has 0 aliphatic heterocycles. The van der Waals surface area contributed by atoms with Crippen LogP contribution in [0.2, 0.25) is 0 Å². The van der Waals surface area contributed by atoms with E-state index in [1.165, 1.54) is 18.2 Å². The van der Waals surface area contributed by atoms with Crippen molar-refractivity contribution in [2.45, 2.75) is 30.2 Å². The van der Waals surface area contributed by atoms with Gasteiger partial charge in [-0.3, -0.25) is 0 Å². The van der Waals surface area contributed by atoms with E-state index < -0.39 is 9.84 Å². The minimum Gasteiger partial charge on any atom is -0.508 e. The number of sulfone groups is 1. The third-order valence-corrected chi connectivity index (χ3v) is 6.05. The second-order valence-corrected chi connectivity index (χ2v) is 8.07. The van der Waals surface area contributed by atoms with Crippen molar-refractivity contribution in [1.29, 1.82) is 0 Å². The summed E-state index contributed by atoms with van der Waals surface area (Å²) < 4.78 is 31.6. The van der Waals surface area contributed by atoms with E-state index in [9.17, 15) is 13.5 Å². The summed E-state index contributed by atoms with van der Waals surface area (Å²) in [5.41, 5.74) is 2.30. The summed E-state index contributed by atoms with van der Waals surface area (Å²) in [4.78, 5) is 0.392. The van der Waals surface area contributed by atoms with Gasteiger partial charge in [0.15, 0.2) is 0 Å². The molecule has 0 atom stereocenters. The summed E-state index contributed by atoms with van der Waals surface area (Å²) in [6, 6.07) is 18.9. The molecule has 0 amide bonds. The maximum Gasteiger partial charge on any atom is 0.206 e. The number of aromatic hydroxyl groups is 1. The summed E-state index contributed by atoms with van der Waals surface area (Å²) in [5, 5.41) is 9.50. The van der Waals surface area contributed by atoms with Crippen LogP contribution in [0.5, 0.6) is 11.5 Å². The molecule has 134 valence electrons. The molecule has 0 fully saturated rings. The van der Waals surface area contributed by atoms with Gasteiger partial charge in [-0.1, -0.05) is 30.3 Å². The Morgan fingerprint density at radius 1 is 0.885 bits per heavy atom. The van der Waals surface area contributed by atoms with E-state index in [0.717, 1.165) is 11.1 Å². The fourth-order valence-corrected chi connectivity index (χ4v) is 4.31. The van der Waals surface area contributed by atoms with Crippen molar-refractivity contribution in [2.75, 3.05) is 0 Å². The Morgan fingerprint density at radius 3 is 2.27 bits per heavy atom. The zero-order valence-electron chi connectivity index (χ0n) is 14.6. The van der Waals surface area contributed by atoms with Gasteiger partial charge < -0.3 is 9.84 Å². The number of aryl methyl sites for hydroxylation is 2. The molecule has 3 rings (SSSR count). The number of hydrogen-bond acceptors (Lipinski definition) is 4. The Balaban J connectivity index is 1.86. The van der Waals surface area contributed by atoms with Crippen molar-refractivity contribution in [3.05, 3.63) is 83.4 Å². The lowest BCUT2D eigenvalue weighted by atomic mass is 10.2. The van der Waals surface area contributed by atoms with Crippen molar-refractivity contribution in [2.24, 2.45) is 0 Å². The van der Waals surface area contributed by atoms with Crippen molar-refractivity contribution in [3.63, 3.8) is 0 Å². The maximum atomic E-state index is 12.9. The van der Waals surface area contributed by atoms with Crippen molar-refractivity contribution < 1.29 is 18.3 Å². The highest BCUT2D eigenvalue weighted by atomic mass is 32.2. The SMILES string of the molecule is Cc1cc(S(=O)(=O)c2ccc(O)cc2C)ccc1OCc1ccccc1. The number of phenolic OH excluding ortho intramolecular Hbond substituents is 1. The third kappa shape index (κ3) is 3.73. The minimum atomic E-state index is -3.66. The number of benzene rings is 3. The Hall–Kier alpha value is -2.79. The van der Waals surface area contributed by atoms with Gasteiger partial charge in [-0.15, -0.1) is 0 Å². The second-order valence-electron chi connectivity index (χ2n) is 6.15. The minimum absolute atomic E-state index is 0.0438. The zero-order chi connectivity index (χ0) is 18.7. The number of rotatable bonds is 5. The highest BCUT2D eigenvalue weighted by molar-refractivity contribution is 7.91. The topological polar surface area (TPSA) is 63.6 Å². The van der Waals surface area contributed by atoms with Crippen LogP contribution in [-0.2, 0) is 16.4 Å². The van der Waals surface area contributed by atoms with E-state index in [-0.39, 0.29) is 15.5 Å². The Bertz CT molecular complexity index is 1030. The molecule has 4 nitrogen and oxygen atoms in total. The highest BCUT2D eigenvalue weighted by Gasteiger charge is 2.21. The molecule has 0 unspecified atom stereocenters. The van der Waals surface area contributed by atoms with E-state index in [0.29, 0.717) is 17.9 Å². The van der Waals surface area contributed by atoms with Crippen LogP contribution < -0.4 is 4.74 Å². The lowest BCUT2D eigenvalue weighted by Gasteiger charge is -2.12. The first-order valence-electron chi connectivity index (χ1n) is 8.20. The van der Waals surface area contributed by atoms with Gasteiger partial charge in [-0.2, -0.15) is 0 Å². The molecule has 3 aromatic carbocycles. The van der Waals surface area contributed by atoms with Gasteiger partial charge in [-0.25, -0.2) is 8.42 Å². The van der Waals surface area contributed by atoms with Crippen molar-refractivity contribution in [1.82, 2.24) is 0 Å². The number of hydrogen-bond donors (Lipinski definition) is 1. The number of phenols is 1. The molecule has 0 spiro atoms. The summed E-state index contributed by atoms with van der Waals surface area (Å²) in [6.45, 7) is 3.91. The van der Waals surface area contributed by atoms with Crippen LogP contribution in [0.4, 0.5) is 0 Å². The van der Waals surface area contributed by atoms with Gasteiger partial charge in [0.05, 0.1) is 9.79 Å². The molecule has 0 bridgehead atoms. The predicted octanol–water partition coefficient (Wildman–Crippen LogP) is 4.42. The average molecular weight is 368 g/mol. The fraction of sp³-hybridized carbons (Fsp3) is 0.143. The first-order chi connectivity index (χ1) is 12.4. The predicted molar refractivity (Wildman–Crippen MR) is 100 cm³/mol. The van der Waals surface area contributed by atoms with E-state index in [1.54, 1.807) is 25.1 Å². The molecule has 0 aliphatic carbocycles. The van der Waals surface area contributed by atoms with Gasteiger partial charge >= 0.3 is 0 Å². The summed E-state index contributed by atoms with van der Waals surface area (Å²) in [5.74, 6) is 0.692. The lowest BCUT2D eigenvalue weighted by Crippen LogP contribution is -2.05. The summed E-state index contributed by atoms with van der Waals surface area (Å²) in [6.07, 6.45) is 0. The molecular weight excluding hydrogens is 348 g/mol. The Kier molecular flexibility index (Phi) is 5.00. The van der Waals surface area contributed by atoms with Crippen LogP contribution in [0.1, 0.15) is 16.7 Å². The fourth-order valence-electron chi connectivity index (χ4n) is 2.75. The van der Waals surface area contributed by atoms with Crippen LogP contribution in [0.3, 0.4) is 0 Å². The van der Waals surface area contributed by atoms with Gasteiger partial charge in [0.1, 0.15) is 18.1 Å². The van der Waals surface area contributed by atoms with Crippen molar-refractivity contribution >= 4 is 9.84 Å². The monoisotopic (exact) mass is 368 g/mol. The zero-order valence-corrected chi connectivity index (χ0v) is 15.5. The van der Waals surface area contributed by atoms with E-state index in [4.69, 9.17) is 4.74 Å². The molecule has 0 radical (unpaired) electrons. The van der Waals surface area contributed by atoms with E-state index in [2.05, 4.69) is 0 Å². The highest BCUT2D eigenvalue weighted by Crippen LogP contribution is 2.29. The van der Waals surface area contributed by atoms with E-state index >= 15 is 0 Å². The lowest BCUT2D eigenvalue weighted by molar-refractivity contribution is 0.304. The molecule has 0 heterocycles. The average Bonchev–Trinajstić information content (AvgIpc) is 2.61. The van der Waals surface area contributed by atoms with Gasteiger partial charge in [0.25, 0.3) is 0 Å². The van der Waals surface area contributed by atoms with Crippen LogP contribution in [0.25, 0.3) is 0 Å². The molecule has 26 heavy (non-hydrogen) atoms. The normalized spacial score (nSPS) is 11.3. The van der Waals surface area contributed by atoms with Gasteiger partial charge in [0, 0.05) is 0 Å². The molecule has 0 aliphatic rings. The summed E-state index contributed by atoms with van der Waals surface area (Å²) >= 11 is 0. The maximum absolute atomic E-state index is 12.9. The molecule has 1 N–H and O–H groups in total. The van der Waals surface area contributed by atoms with Crippen LogP contribution >= 0.6 is 0 Å². The van der Waals surface area contributed by atoms with Gasteiger partial charge in [-0.05, 0) is 66.9 Å². The first kappa shape index (κ1) is 18.0. The number of ether oxygens (including phenoxy) is 1. The first-order valence-corrected chi connectivity index (χ1v) is 9.68. The quantitative estimate of drug-likeness (QED) is 0.724. The smallest absolute Gasteiger partial charge is 0.206 e. The van der Waals surface area contributed by atoms with Crippen LogP contribution in [-0.4, -0.2) is 13.5 Å². The third-order valence-electron chi connectivity index (χ3n) is 4.14. The van der Waals surface area contributed by atoms with E-state index in [1.807, 2.05) is 37.3 Å². The molecule has 0 saturated heterocycles. The van der Waals surface area contributed by atoms with Crippen LogP contribution in [0, 0.1) is 13.8 Å². The molecule has 5 heteroatoms.